The van der Waals surface area contributed by atoms with E-state index in [2.05, 4.69) is 14.8 Å². The van der Waals surface area contributed by atoms with Gasteiger partial charge in [-0.25, -0.2) is 8.42 Å². The van der Waals surface area contributed by atoms with Crippen LogP contribution in [-0.2, 0) is 21.2 Å². The molecule has 3 rings (SSSR count). The molecule has 1 aliphatic heterocycles. The monoisotopic (exact) mass is 372 g/mol. The molecule has 0 fully saturated rings. The number of sulfonamides is 1. The number of benzene rings is 2. The first-order valence-corrected chi connectivity index (χ1v) is 8.42. The fourth-order valence-corrected chi connectivity index (χ4v) is 3.42. The Balaban J connectivity index is 1.78. The number of carbonyl (C=O) groups excluding carboxylic acids is 1. The molecule has 0 aromatic heterocycles. The minimum Gasteiger partial charge on any atom is -0.406 e. The summed E-state index contributed by atoms with van der Waals surface area (Å²) in [7, 11) is -3.95. The van der Waals surface area contributed by atoms with Crippen LogP contribution in [0, 0.1) is 0 Å². The Kier molecular flexibility index (Phi) is 4.07. The number of hydrogen-bond acceptors (Lipinski definition) is 4. The minimum atomic E-state index is -4.82. The van der Waals surface area contributed by atoms with Crippen molar-refractivity contribution < 1.29 is 31.1 Å². The van der Waals surface area contributed by atoms with Crippen molar-refractivity contribution >= 4 is 27.3 Å². The van der Waals surface area contributed by atoms with Crippen LogP contribution >= 0.6 is 0 Å². The topological polar surface area (TPSA) is 84.5 Å². The molecule has 132 valence electrons. The van der Waals surface area contributed by atoms with E-state index in [9.17, 15) is 26.4 Å². The van der Waals surface area contributed by atoms with Gasteiger partial charge in [-0.05, 0) is 48.0 Å². The van der Waals surface area contributed by atoms with Crippen molar-refractivity contribution in [3.8, 4) is 5.75 Å². The van der Waals surface area contributed by atoms with Gasteiger partial charge in [-0.3, -0.25) is 9.52 Å². The van der Waals surface area contributed by atoms with Gasteiger partial charge in [0.15, 0.2) is 0 Å². The molecule has 1 aliphatic rings. The summed E-state index contributed by atoms with van der Waals surface area (Å²) in [5.41, 5.74) is 1.18. The summed E-state index contributed by atoms with van der Waals surface area (Å²) in [5.74, 6) is -0.685. The number of fused-ring (bicyclic) bond motifs is 1. The van der Waals surface area contributed by atoms with Gasteiger partial charge < -0.3 is 10.1 Å². The van der Waals surface area contributed by atoms with Gasteiger partial charge in [0.1, 0.15) is 5.75 Å². The lowest BCUT2D eigenvalue weighted by molar-refractivity contribution is -0.274. The third-order valence-electron chi connectivity index (χ3n) is 3.35. The van der Waals surface area contributed by atoms with Crippen molar-refractivity contribution in [1.29, 1.82) is 0 Å². The second-order valence-corrected chi connectivity index (χ2v) is 6.90. The van der Waals surface area contributed by atoms with Gasteiger partial charge in [0.2, 0.25) is 5.91 Å². The maximum Gasteiger partial charge on any atom is 0.573 e. The largest absolute Gasteiger partial charge is 0.573 e. The van der Waals surface area contributed by atoms with Crippen molar-refractivity contribution in [3.05, 3.63) is 48.0 Å². The summed E-state index contributed by atoms with van der Waals surface area (Å²) >= 11 is 0. The first-order valence-electron chi connectivity index (χ1n) is 6.94. The zero-order valence-electron chi connectivity index (χ0n) is 12.4. The van der Waals surface area contributed by atoms with Crippen LogP contribution in [0.5, 0.6) is 5.75 Å². The normalized spacial score (nSPS) is 14.0. The lowest BCUT2D eigenvalue weighted by Crippen LogP contribution is -2.17. The van der Waals surface area contributed by atoms with Crippen LogP contribution in [0.2, 0.25) is 0 Å². The number of halogens is 3. The minimum absolute atomic E-state index is 0.0571. The number of rotatable bonds is 4. The number of alkyl halides is 3. The Morgan fingerprint density at radius 2 is 1.76 bits per heavy atom. The molecule has 2 N–H and O–H groups in total. The number of hydrogen-bond donors (Lipinski definition) is 2. The molecule has 1 amide bonds. The van der Waals surface area contributed by atoms with Crippen LogP contribution in [0.4, 0.5) is 24.5 Å². The van der Waals surface area contributed by atoms with Crippen molar-refractivity contribution in [2.24, 2.45) is 0 Å². The summed E-state index contributed by atoms with van der Waals surface area (Å²) in [6.07, 6.45) is -4.74. The molecular formula is C15H11F3N2O4S. The zero-order chi connectivity index (χ0) is 18.2. The van der Waals surface area contributed by atoms with Crippen LogP contribution in [0.25, 0.3) is 0 Å². The molecule has 0 radical (unpaired) electrons. The molecule has 10 heteroatoms. The van der Waals surface area contributed by atoms with E-state index in [1.807, 2.05) is 0 Å². The van der Waals surface area contributed by atoms with E-state index in [1.54, 1.807) is 0 Å². The summed E-state index contributed by atoms with van der Waals surface area (Å²) in [6, 6.07) is 8.47. The van der Waals surface area contributed by atoms with E-state index in [0.717, 1.165) is 24.3 Å². The first-order chi connectivity index (χ1) is 11.6. The molecular weight excluding hydrogens is 361 g/mol. The van der Waals surface area contributed by atoms with Crippen molar-refractivity contribution in [3.63, 3.8) is 0 Å². The molecule has 0 aliphatic carbocycles. The Morgan fingerprint density at radius 3 is 2.40 bits per heavy atom. The Hall–Kier alpha value is -2.75. The molecule has 0 bridgehead atoms. The third-order valence-corrected chi connectivity index (χ3v) is 4.73. The number of amides is 1. The van der Waals surface area contributed by atoms with Crippen molar-refractivity contribution in [2.45, 2.75) is 17.7 Å². The van der Waals surface area contributed by atoms with Gasteiger partial charge in [-0.15, -0.1) is 13.2 Å². The lowest BCUT2D eigenvalue weighted by atomic mass is 10.2. The predicted octanol–water partition coefficient (Wildman–Crippen LogP) is 2.88. The lowest BCUT2D eigenvalue weighted by Gasteiger charge is -2.11. The van der Waals surface area contributed by atoms with E-state index >= 15 is 0 Å². The first kappa shape index (κ1) is 17.1. The van der Waals surface area contributed by atoms with Gasteiger partial charge in [0.05, 0.1) is 11.3 Å². The van der Waals surface area contributed by atoms with Crippen LogP contribution < -0.4 is 14.8 Å². The number of nitrogens with one attached hydrogen (secondary N) is 2. The molecule has 0 atom stereocenters. The molecule has 25 heavy (non-hydrogen) atoms. The van der Waals surface area contributed by atoms with Gasteiger partial charge in [0, 0.05) is 11.4 Å². The van der Waals surface area contributed by atoms with Crippen LogP contribution in [-0.4, -0.2) is 20.7 Å². The predicted molar refractivity (Wildman–Crippen MR) is 82.7 cm³/mol. The molecule has 0 unspecified atom stereocenters. The third kappa shape index (κ3) is 4.02. The number of carbonyl (C=O) groups is 1. The summed E-state index contributed by atoms with van der Waals surface area (Å²) < 4.78 is 67.0. The standard InChI is InChI=1S/C15H11F3N2O4S/c16-15(17,18)24-11-3-1-10(2-4-11)20-25(22,23)12-5-6-13-9(7-12)8-14(21)19-13/h1-7,20H,8H2,(H,19,21). The number of ether oxygens (including phenoxy) is 1. The maximum atomic E-state index is 12.4. The SMILES string of the molecule is O=C1Cc2cc(S(=O)(=O)Nc3ccc(OC(F)(F)F)cc3)ccc2N1. The van der Waals surface area contributed by atoms with E-state index in [1.165, 1.54) is 18.2 Å². The average molecular weight is 372 g/mol. The summed E-state index contributed by atoms with van der Waals surface area (Å²) in [5, 5.41) is 2.59. The Labute approximate surface area is 140 Å². The maximum absolute atomic E-state index is 12.4. The molecule has 0 saturated carbocycles. The molecule has 2 aromatic rings. The van der Waals surface area contributed by atoms with E-state index in [4.69, 9.17) is 0 Å². The number of anilines is 2. The molecule has 0 saturated heterocycles. The Morgan fingerprint density at radius 1 is 1.08 bits per heavy atom. The summed E-state index contributed by atoms with van der Waals surface area (Å²) in [6.45, 7) is 0. The molecule has 1 heterocycles. The van der Waals surface area contributed by atoms with Gasteiger partial charge in [-0.2, -0.15) is 0 Å². The molecule has 2 aromatic carbocycles. The highest BCUT2D eigenvalue weighted by atomic mass is 32.2. The van der Waals surface area contributed by atoms with Crippen molar-refractivity contribution in [2.75, 3.05) is 10.0 Å². The van der Waals surface area contributed by atoms with Gasteiger partial charge in [-0.1, -0.05) is 0 Å². The zero-order valence-corrected chi connectivity index (χ0v) is 13.2. The van der Waals surface area contributed by atoms with E-state index < -0.39 is 22.1 Å². The van der Waals surface area contributed by atoms with Crippen LogP contribution in [0.1, 0.15) is 5.56 Å². The quantitative estimate of drug-likeness (QED) is 0.864. The van der Waals surface area contributed by atoms with Crippen LogP contribution in [0.15, 0.2) is 47.4 Å². The van der Waals surface area contributed by atoms with E-state index in [0.29, 0.717) is 11.3 Å². The highest BCUT2D eigenvalue weighted by Gasteiger charge is 2.31. The highest BCUT2D eigenvalue weighted by Crippen LogP contribution is 2.28. The van der Waals surface area contributed by atoms with Gasteiger partial charge in [0.25, 0.3) is 10.0 Å². The van der Waals surface area contributed by atoms with Crippen LogP contribution in [0.3, 0.4) is 0 Å². The smallest absolute Gasteiger partial charge is 0.406 e. The molecule has 6 nitrogen and oxygen atoms in total. The summed E-state index contributed by atoms with van der Waals surface area (Å²) in [4.78, 5) is 11.3. The highest BCUT2D eigenvalue weighted by molar-refractivity contribution is 7.92. The average Bonchev–Trinajstić information content (AvgIpc) is 2.86. The van der Waals surface area contributed by atoms with E-state index in [-0.39, 0.29) is 22.9 Å². The van der Waals surface area contributed by atoms with Crippen molar-refractivity contribution in [1.82, 2.24) is 0 Å². The fourth-order valence-electron chi connectivity index (χ4n) is 2.31. The fraction of sp³-hybridized carbons (Fsp3) is 0.133. The molecule has 0 spiro atoms. The second-order valence-electron chi connectivity index (χ2n) is 5.22. The Bertz CT molecular complexity index is 925. The second kappa shape index (κ2) is 5.96. The van der Waals surface area contributed by atoms with Gasteiger partial charge >= 0.3 is 6.36 Å².